The van der Waals surface area contributed by atoms with Crippen molar-refractivity contribution in [2.75, 3.05) is 19.8 Å². The second-order valence-electron chi connectivity index (χ2n) is 13.9. The number of alkyl halides is 1. The molecule has 7 nitrogen and oxygen atoms in total. The number of ether oxygens (including phenoxy) is 1. The number of hydrogen-bond donors (Lipinski definition) is 1. The Hall–Kier alpha value is -2.10. The molecule has 7 atom stereocenters. The molecule has 4 rings (SSSR count). The average Bonchev–Trinajstić information content (AvgIpc) is 3.52. The number of unbranched alkanes of at least 4 members (excludes halogenated alkanes) is 1. The first-order valence-corrected chi connectivity index (χ1v) is 17.0. The van der Waals surface area contributed by atoms with Gasteiger partial charge in [0.1, 0.15) is 6.04 Å². The highest BCUT2D eigenvalue weighted by atomic mass is 79.9. The van der Waals surface area contributed by atoms with E-state index >= 15 is 4.79 Å². The fourth-order valence-electron chi connectivity index (χ4n) is 7.78. The zero-order valence-corrected chi connectivity index (χ0v) is 28.5. The van der Waals surface area contributed by atoms with E-state index in [0.29, 0.717) is 19.4 Å². The Morgan fingerprint density at radius 1 is 1.21 bits per heavy atom. The number of allylic oxidation sites excluding steroid dienone is 1. The van der Waals surface area contributed by atoms with Crippen LogP contribution in [0.1, 0.15) is 71.9 Å². The number of benzene rings is 1. The van der Waals surface area contributed by atoms with Gasteiger partial charge in [-0.2, -0.15) is 0 Å². The van der Waals surface area contributed by atoms with Crippen LogP contribution < -0.4 is 0 Å². The number of likely N-dealkylation sites (tertiary alicyclic amines) is 1. The van der Waals surface area contributed by atoms with Crippen LogP contribution in [0.4, 0.5) is 0 Å². The van der Waals surface area contributed by atoms with Crippen LogP contribution in [-0.2, 0) is 19.1 Å². The van der Waals surface area contributed by atoms with Crippen molar-refractivity contribution in [2.45, 2.75) is 92.7 Å². The Balaban J connectivity index is 1.83. The highest BCUT2D eigenvalue weighted by Gasteiger charge is 2.77. The van der Waals surface area contributed by atoms with E-state index < -0.39 is 40.2 Å². The number of hydrogen-bond acceptors (Lipinski definition) is 6. The van der Waals surface area contributed by atoms with Crippen LogP contribution >= 0.6 is 27.7 Å². The van der Waals surface area contributed by atoms with E-state index in [1.165, 1.54) is 0 Å². The molecule has 9 heteroatoms. The lowest BCUT2D eigenvalue weighted by Gasteiger charge is -2.46. The molecule has 1 aromatic rings. The van der Waals surface area contributed by atoms with E-state index in [1.807, 2.05) is 35.2 Å². The summed E-state index contributed by atoms with van der Waals surface area (Å²) in [6.07, 6.45) is 6.19. The van der Waals surface area contributed by atoms with E-state index in [1.54, 1.807) is 28.8 Å². The molecule has 3 heterocycles. The van der Waals surface area contributed by atoms with Gasteiger partial charge >= 0.3 is 5.97 Å². The summed E-state index contributed by atoms with van der Waals surface area (Å²) in [5.41, 5.74) is 0.136. The summed E-state index contributed by atoms with van der Waals surface area (Å²) in [4.78, 5) is 46.8. The first-order valence-electron chi connectivity index (χ1n) is 15.2. The highest BCUT2D eigenvalue weighted by molar-refractivity contribution is 9.09. The van der Waals surface area contributed by atoms with Gasteiger partial charge in [0.2, 0.25) is 11.8 Å². The van der Waals surface area contributed by atoms with Gasteiger partial charge < -0.3 is 19.6 Å². The van der Waals surface area contributed by atoms with Crippen molar-refractivity contribution in [1.29, 1.82) is 0 Å². The molecule has 2 amide bonds. The first-order chi connectivity index (χ1) is 20.2. The Morgan fingerprint density at radius 3 is 2.47 bits per heavy atom. The molecule has 3 aliphatic heterocycles. The Labute approximate surface area is 269 Å². The fourth-order valence-corrected chi connectivity index (χ4v) is 11.4. The maximum atomic E-state index is 15.1. The van der Waals surface area contributed by atoms with Gasteiger partial charge in [-0.05, 0) is 50.5 Å². The molecule has 3 unspecified atom stereocenters. The molecule has 0 saturated carbocycles. The average molecular weight is 676 g/mol. The fraction of sp³-hybridized carbons (Fsp3) is 0.618. The lowest BCUT2D eigenvalue weighted by Crippen LogP contribution is -2.60. The Bertz CT molecular complexity index is 1220. The predicted molar refractivity (Wildman–Crippen MR) is 176 cm³/mol. The van der Waals surface area contributed by atoms with Gasteiger partial charge in [-0.25, -0.2) is 0 Å². The summed E-state index contributed by atoms with van der Waals surface area (Å²) in [5.74, 6) is -2.25. The number of aliphatic hydroxyl groups excluding tert-OH is 1. The van der Waals surface area contributed by atoms with Crippen molar-refractivity contribution in [3.8, 4) is 0 Å². The summed E-state index contributed by atoms with van der Waals surface area (Å²) < 4.78 is 4.88. The minimum absolute atomic E-state index is 0.0607. The third kappa shape index (κ3) is 6.36. The van der Waals surface area contributed by atoms with E-state index in [-0.39, 0.29) is 40.5 Å². The van der Waals surface area contributed by atoms with Crippen molar-refractivity contribution < 1.29 is 24.2 Å². The number of esters is 1. The summed E-state index contributed by atoms with van der Waals surface area (Å²) in [6, 6.07) is 7.73. The van der Waals surface area contributed by atoms with Crippen LogP contribution in [0.5, 0.6) is 0 Å². The lowest BCUT2D eigenvalue weighted by molar-refractivity contribution is -0.154. The SMILES string of the molecule is C=CCCCOC(=O)[C@H]1[C@H]2C(=O)N([C@H](CO)c3ccccc3)C(C(=O)N(CC=C)C(C)(C)CC(C)(C)C)C23CC(Br)[C@@H]1S3. The van der Waals surface area contributed by atoms with Gasteiger partial charge in [0.05, 0.1) is 35.8 Å². The quantitative estimate of drug-likeness (QED) is 0.121. The molecule has 1 aromatic carbocycles. The molecular weight excluding hydrogens is 628 g/mol. The number of thioether (sulfide) groups is 1. The lowest BCUT2D eigenvalue weighted by atomic mass is 9.70. The molecule has 0 aromatic heterocycles. The number of amides is 2. The maximum Gasteiger partial charge on any atom is 0.310 e. The minimum Gasteiger partial charge on any atom is -0.465 e. The summed E-state index contributed by atoms with van der Waals surface area (Å²) in [5, 5.41) is 10.6. The molecule has 3 aliphatic rings. The van der Waals surface area contributed by atoms with Crippen LogP contribution in [0.2, 0.25) is 0 Å². The third-order valence-electron chi connectivity index (χ3n) is 8.99. The van der Waals surface area contributed by atoms with Crippen LogP contribution in [0.15, 0.2) is 55.6 Å². The van der Waals surface area contributed by atoms with Crippen LogP contribution in [-0.4, -0.2) is 78.9 Å². The monoisotopic (exact) mass is 674 g/mol. The van der Waals surface area contributed by atoms with Gasteiger partial charge in [0.15, 0.2) is 0 Å². The third-order valence-corrected chi connectivity index (χ3v) is 12.2. The predicted octanol–water partition coefficient (Wildman–Crippen LogP) is 5.92. The smallest absolute Gasteiger partial charge is 0.310 e. The highest BCUT2D eigenvalue weighted by Crippen LogP contribution is 2.68. The zero-order valence-electron chi connectivity index (χ0n) is 26.1. The van der Waals surface area contributed by atoms with Gasteiger partial charge in [-0.1, -0.05) is 79.2 Å². The van der Waals surface area contributed by atoms with Gasteiger partial charge in [-0.15, -0.1) is 24.9 Å². The molecule has 1 spiro atoms. The summed E-state index contributed by atoms with van der Waals surface area (Å²) in [7, 11) is 0. The van der Waals surface area contributed by atoms with Crippen molar-refractivity contribution >= 4 is 45.5 Å². The molecule has 236 valence electrons. The standard InChI is InChI=1S/C34H47BrN2O5S/c1-8-10-14-18-42-31(41)25-26-29(39)37(24(20-38)22-15-12-11-13-16-22)28(34(26)19-23(35)27(25)43-34)30(40)36(17-9-2)33(6,7)21-32(3,4)5/h8-9,11-13,15-16,23-28,38H,1-2,10,14,17-21H2,3-7H3/t23?,24-,25+,26+,27+,28?,34?/m1/s1. The Morgan fingerprint density at radius 2 is 1.88 bits per heavy atom. The zero-order chi connectivity index (χ0) is 31.7. The minimum atomic E-state index is -0.879. The van der Waals surface area contributed by atoms with E-state index in [4.69, 9.17) is 4.74 Å². The number of nitrogens with zero attached hydrogens (tertiary/aromatic N) is 2. The van der Waals surface area contributed by atoms with E-state index in [0.717, 1.165) is 18.4 Å². The van der Waals surface area contributed by atoms with Gasteiger partial charge in [0, 0.05) is 22.2 Å². The number of halogens is 1. The second kappa shape index (κ2) is 13.1. The largest absolute Gasteiger partial charge is 0.465 e. The second-order valence-corrected chi connectivity index (χ2v) is 16.6. The van der Waals surface area contributed by atoms with Crippen molar-refractivity contribution in [1.82, 2.24) is 9.80 Å². The van der Waals surface area contributed by atoms with Crippen molar-refractivity contribution in [3.05, 3.63) is 61.2 Å². The molecule has 0 radical (unpaired) electrons. The molecule has 3 saturated heterocycles. The van der Waals surface area contributed by atoms with Gasteiger partial charge in [-0.3, -0.25) is 14.4 Å². The topological polar surface area (TPSA) is 87.1 Å². The number of carbonyl (C=O) groups is 3. The number of rotatable bonds is 13. The van der Waals surface area contributed by atoms with Crippen LogP contribution in [0, 0.1) is 17.3 Å². The molecule has 1 N–H and O–H groups in total. The molecule has 43 heavy (non-hydrogen) atoms. The Kier molecular flexibility index (Phi) is 10.3. The number of fused-ring (bicyclic) bond motifs is 1. The number of aliphatic hydroxyl groups is 1. The first kappa shape index (κ1) is 33.8. The van der Waals surface area contributed by atoms with E-state index in [2.05, 4.69) is 63.7 Å². The molecule has 0 aliphatic carbocycles. The van der Waals surface area contributed by atoms with E-state index in [9.17, 15) is 14.7 Å². The molecule has 3 fully saturated rings. The van der Waals surface area contributed by atoms with Crippen LogP contribution in [0.25, 0.3) is 0 Å². The summed E-state index contributed by atoms with van der Waals surface area (Å²) >= 11 is 5.41. The number of carbonyl (C=O) groups excluding carboxylic acids is 3. The maximum absolute atomic E-state index is 15.1. The summed E-state index contributed by atoms with van der Waals surface area (Å²) in [6.45, 7) is 18.5. The van der Waals surface area contributed by atoms with Crippen LogP contribution in [0.3, 0.4) is 0 Å². The van der Waals surface area contributed by atoms with Crippen molar-refractivity contribution in [2.24, 2.45) is 17.3 Å². The van der Waals surface area contributed by atoms with Crippen molar-refractivity contribution in [3.63, 3.8) is 0 Å². The molecule has 2 bridgehead atoms. The molecular formula is C34H47BrN2O5S. The normalized spacial score (nSPS) is 28.9. The van der Waals surface area contributed by atoms with Gasteiger partial charge in [0.25, 0.3) is 0 Å².